The Morgan fingerprint density at radius 2 is 1.88 bits per heavy atom. The molecule has 0 amide bonds. The van der Waals surface area contributed by atoms with E-state index in [1.807, 2.05) is 19.1 Å². The van der Waals surface area contributed by atoms with Crippen molar-refractivity contribution in [3.8, 4) is 28.7 Å². The maximum atomic E-state index is 11.8. The van der Waals surface area contributed by atoms with Crippen molar-refractivity contribution in [3.63, 3.8) is 0 Å². The highest BCUT2D eigenvalue weighted by molar-refractivity contribution is 7.99. The van der Waals surface area contributed by atoms with Gasteiger partial charge in [0, 0.05) is 5.56 Å². The Morgan fingerprint density at radius 1 is 1.12 bits per heavy atom. The summed E-state index contributed by atoms with van der Waals surface area (Å²) in [6, 6.07) is 11.3. The first kappa shape index (κ1) is 16.8. The molecule has 8 heteroatoms. The minimum Gasteiger partial charge on any atom is -0.504 e. The zero-order valence-electron chi connectivity index (χ0n) is 13.2. The number of ether oxygens (including phenoxy) is 1. The molecule has 0 unspecified atom stereocenters. The number of rotatable bonds is 5. The van der Waals surface area contributed by atoms with Crippen molar-refractivity contribution < 1.29 is 24.2 Å². The Hall–Kier alpha value is -3.00. The summed E-state index contributed by atoms with van der Waals surface area (Å²) < 4.78 is 10.6. The van der Waals surface area contributed by atoms with Gasteiger partial charge in [-0.25, -0.2) is 0 Å². The van der Waals surface area contributed by atoms with Crippen LogP contribution in [-0.4, -0.2) is 32.1 Å². The highest BCUT2D eigenvalue weighted by Crippen LogP contribution is 2.31. The first-order valence-corrected chi connectivity index (χ1v) is 8.26. The first-order valence-electron chi connectivity index (χ1n) is 7.27. The minimum atomic E-state index is -0.434. The van der Waals surface area contributed by atoms with Gasteiger partial charge in [-0.1, -0.05) is 29.5 Å². The molecule has 0 aliphatic heterocycles. The monoisotopic (exact) mass is 358 g/mol. The van der Waals surface area contributed by atoms with Gasteiger partial charge in [-0.15, -0.1) is 10.2 Å². The molecule has 0 aliphatic carbocycles. The number of hydrogen-bond acceptors (Lipinski definition) is 8. The number of hydrogen-bond donors (Lipinski definition) is 2. The van der Waals surface area contributed by atoms with Gasteiger partial charge in [0.2, 0.25) is 5.89 Å². The Morgan fingerprint density at radius 3 is 2.60 bits per heavy atom. The summed E-state index contributed by atoms with van der Waals surface area (Å²) in [6.45, 7) is 1.95. The third-order valence-corrected chi connectivity index (χ3v) is 3.99. The van der Waals surface area contributed by atoms with Crippen LogP contribution in [0.2, 0.25) is 0 Å². The summed E-state index contributed by atoms with van der Waals surface area (Å²) in [5.41, 5.74) is 1.53. The van der Waals surface area contributed by atoms with Crippen molar-refractivity contribution >= 4 is 17.7 Å². The predicted octanol–water partition coefficient (Wildman–Crippen LogP) is 3.15. The number of thioether (sulfide) groups is 1. The maximum Gasteiger partial charge on any atom is 0.321 e. The largest absolute Gasteiger partial charge is 0.504 e. The smallest absolute Gasteiger partial charge is 0.321 e. The molecule has 0 saturated carbocycles. The van der Waals surface area contributed by atoms with Crippen molar-refractivity contribution in [2.24, 2.45) is 0 Å². The second-order valence-corrected chi connectivity index (χ2v) is 6.08. The molecule has 25 heavy (non-hydrogen) atoms. The molecule has 1 heterocycles. The van der Waals surface area contributed by atoms with Gasteiger partial charge in [0.1, 0.15) is 11.5 Å². The van der Waals surface area contributed by atoms with Gasteiger partial charge in [0.25, 0.3) is 5.22 Å². The third-order valence-electron chi connectivity index (χ3n) is 3.19. The van der Waals surface area contributed by atoms with Gasteiger partial charge >= 0.3 is 5.97 Å². The number of phenols is 2. The number of nitrogens with zero attached hydrogens (tertiary/aromatic N) is 2. The lowest BCUT2D eigenvalue weighted by Gasteiger charge is -2.03. The average molecular weight is 358 g/mol. The Balaban J connectivity index is 1.58. The molecule has 0 saturated heterocycles. The first-order chi connectivity index (χ1) is 12.0. The van der Waals surface area contributed by atoms with Crippen LogP contribution in [0.3, 0.4) is 0 Å². The summed E-state index contributed by atoms with van der Waals surface area (Å²) in [5, 5.41) is 26.7. The number of aryl methyl sites for hydroxylation is 1. The fourth-order valence-electron chi connectivity index (χ4n) is 1.93. The SMILES string of the molecule is Cc1ccc(OC(=O)CSc2nnc(-c3ccc(O)c(O)c3)o2)cc1. The Bertz CT molecular complexity index is 892. The van der Waals surface area contributed by atoms with E-state index in [0.717, 1.165) is 17.3 Å². The fourth-order valence-corrected chi connectivity index (χ4v) is 2.47. The number of benzene rings is 2. The average Bonchev–Trinajstić information content (AvgIpc) is 3.07. The summed E-state index contributed by atoms with van der Waals surface area (Å²) in [6.07, 6.45) is 0. The minimum absolute atomic E-state index is 0.0103. The highest BCUT2D eigenvalue weighted by atomic mass is 32.2. The Labute approximate surface area is 147 Å². The number of carbonyl (C=O) groups excluding carboxylic acids is 1. The van der Waals surface area contributed by atoms with Gasteiger partial charge in [-0.2, -0.15) is 0 Å². The van der Waals surface area contributed by atoms with Gasteiger partial charge in [0.05, 0.1) is 0 Å². The maximum absolute atomic E-state index is 11.8. The molecule has 0 radical (unpaired) electrons. The molecule has 128 valence electrons. The summed E-state index contributed by atoms with van der Waals surface area (Å²) >= 11 is 1.05. The molecule has 0 bridgehead atoms. The molecule has 1 aromatic heterocycles. The normalized spacial score (nSPS) is 10.6. The molecule has 0 fully saturated rings. The predicted molar refractivity (Wildman–Crippen MR) is 90.6 cm³/mol. The number of carbonyl (C=O) groups is 1. The second-order valence-electron chi connectivity index (χ2n) is 5.15. The third kappa shape index (κ3) is 4.30. The van der Waals surface area contributed by atoms with Crippen LogP contribution in [0.1, 0.15) is 5.56 Å². The van der Waals surface area contributed by atoms with E-state index in [9.17, 15) is 15.0 Å². The molecule has 0 spiro atoms. The van der Waals surface area contributed by atoms with Crippen LogP contribution < -0.4 is 4.74 Å². The lowest BCUT2D eigenvalue weighted by atomic mass is 10.2. The van der Waals surface area contributed by atoms with Crippen LogP contribution in [0.4, 0.5) is 0 Å². The Kier molecular flexibility index (Phi) is 4.90. The van der Waals surface area contributed by atoms with Crippen molar-refractivity contribution in [2.75, 3.05) is 5.75 Å². The molecule has 3 aromatic rings. The van der Waals surface area contributed by atoms with Crippen LogP contribution in [-0.2, 0) is 4.79 Å². The molecule has 3 rings (SSSR count). The summed E-state index contributed by atoms with van der Waals surface area (Å²) in [7, 11) is 0. The summed E-state index contributed by atoms with van der Waals surface area (Å²) in [5.74, 6) is -0.304. The van der Waals surface area contributed by atoms with E-state index < -0.39 is 5.97 Å². The fraction of sp³-hybridized carbons (Fsp3) is 0.118. The van der Waals surface area contributed by atoms with Crippen LogP contribution in [0, 0.1) is 6.92 Å². The molecule has 7 nitrogen and oxygen atoms in total. The van der Waals surface area contributed by atoms with E-state index in [-0.39, 0.29) is 28.4 Å². The summed E-state index contributed by atoms with van der Waals surface area (Å²) in [4.78, 5) is 11.8. The number of aromatic hydroxyl groups is 2. The van der Waals surface area contributed by atoms with Gasteiger partial charge < -0.3 is 19.4 Å². The zero-order valence-corrected chi connectivity index (χ0v) is 14.0. The van der Waals surface area contributed by atoms with E-state index in [0.29, 0.717) is 11.3 Å². The number of esters is 1. The van der Waals surface area contributed by atoms with Crippen LogP contribution >= 0.6 is 11.8 Å². The van der Waals surface area contributed by atoms with Gasteiger partial charge in [-0.05, 0) is 37.3 Å². The van der Waals surface area contributed by atoms with Crippen molar-refractivity contribution in [1.82, 2.24) is 10.2 Å². The van der Waals surface area contributed by atoms with Crippen LogP contribution in [0.5, 0.6) is 17.2 Å². The van der Waals surface area contributed by atoms with Crippen molar-refractivity contribution in [1.29, 1.82) is 0 Å². The van der Waals surface area contributed by atoms with E-state index in [4.69, 9.17) is 9.15 Å². The van der Waals surface area contributed by atoms with Crippen LogP contribution in [0.15, 0.2) is 52.1 Å². The van der Waals surface area contributed by atoms with Crippen LogP contribution in [0.25, 0.3) is 11.5 Å². The molecule has 2 N–H and O–H groups in total. The van der Waals surface area contributed by atoms with Crippen molar-refractivity contribution in [3.05, 3.63) is 48.0 Å². The molecule has 0 atom stereocenters. The molecule has 0 aliphatic rings. The van der Waals surface area contributed by atoms with E-state index in [1.54, 1.807) is 12.1 Å². The molecular formula is C17H14N2O5S. The lowest BCUT2D eigenvalue weighted by molar-refractivity contribution is -0.131. The number of phenolic OH excluding ortho intramolecular Hbond substituents is 2. The van der Waals surface area contributed by atoms with Crippen molar-refractivity contribution in [2.45, 2.75) is 12.1 Å². The second kappa shape index (κ2) is 7.27. The molecular weight excluding hydrogens is 344 g/mol. The van der Waals surface area contributed by atoms with Gasteiger partial charge in [0.15, 0.2) is 11.5 Å². The zero-order chi connectivity index (χ0) is 17.8. The van der Waals surface area contributed by atoms with E-state index in [2.05, 4.69) is 10.2 Å². The topological polar surface area (TPSA) is 106 Å². The quantitative estimate of drug-likeness (QED) is 0.310. The lowest BCUT2D eigenvalue weighted by Crippen LogP contribution is -2.10. The molecule has 2 aromatic carbocycles. The van der Waals surface area contributed by atoms with Gasteiger partial charge in [-0.3, -0.25) is 4.79 Å². The van der Waals surface area contributed by atoms with E-state index >= 15 is 0 Å². The number of aromatic nitrogens is 2. The van der Waals surface area contributed by atoms with E-state index in [1.165, 1.54) is 18.2 Å². The standard InChI is InChI=1S/C17H14N2O5S/c1-10-2-5-12(6-3-10)23-15(22)9-25-17-19-18-16(24-17)11-4-7-13(20)14(21)8-11/h2-8,20-21H,9H2,1H3. The highest BCUT2D eigenvalue weighted by Gasteiger charge is 2.13.